The first-order valence-corrected chi connectivity index (χ1v) is 6.72. The van der Waals surface area contributed by atoms with Gasteiger partial charge in [-0.15, -0.1) is 0 Å². The zero-order chi connectivity index (χ0) is 16.8. The van der Waals surface area contributed by atoms with Gasteiger partial charge in [-0.2, -0.15) is 5.26 Å². The number of nitrogens with zero attached hydrogens (tertiary/aromatic N) is 1. The Morgan fingerprint density at radius 2 is 2.00 bits per heavy atom. The first-order valence-electron chi connectivity index (χ1n) is 6.72. The molecule has 0 saturated carbocycles. The third-order valence-electron chi connectivity index (χ3n) is 3.10. The molecule has 0 unspecified atom stereocenters. The standard InChI is InChI=1S/C17H14N2O4/c1-19-16(20)11(10-18)9-12-7-8-15(23-12)13-5-3-4-6-14(13)17(21)22-2/h3-9H,1-2H3,(H,19,20)/b11-9+. The van der Waals surface area contributed by atoms with Crippen LogP contribution in [0.5, 0.6) is 0 Å². The fourth-order valence-corrected chi connectivity index (χ4v) is 1.99. The van der Waals surface area contributed by atoms with E-state index in [0.29, 0.717) is 22.6 Å². The second-order valence-corrected chi connectivity index (χ2v) is 4.49. The zero-order valence-electron chi connectivity index (χ0n) is 12.6. The highest BCUT2D eigenvalue weighted by Crippen LogP contribution is 2.27. The van der Waals surface area contributed by atoms with Crippen molar-refractivity contribution >= 4 is 18.0 Å². The summed E-state index contributed by atoms with van der Waals surface area (Å²) in [5.74, 6) is -0.205. The second kappa shape index (κ2) is 7.09. The van der Waals surface area contributed by atoms with Gasteiger partial charge in [-0.25, -0.2) is 4.79 Å². The number of hydrogen-bond donors (Lipinski definition) is 1. The monoisotopic (exact) mass is 310 g/mol. The number of carbonyl (C=O) groups is 2. The summed E-state index contributed by atoms with van der Waals surface area (Å²) in [5.41, 5.74) is 0.860. The van der Waals surface area contributed by atoms with Crippen molar-refractivity contribution in [2.75, 3.05) is 14.2 Å². The number of hydrogen-bond acceptors (Lipinski definition) is 5. The minimum atomic E-state index is -0.500. The molecule has 0 aliphatic carbocycles. The number of benzene rings is 1. The molecule has 2 rings (SSSR count). The Kier molecular flexibility index (Phi) is 4.95. The summed E-state index contributed by atoms with van der Waals surface area (Å²) >= 11 is 0. The summed E-state index contributed by atoms with van der Waals surface area (Å²) in [7, 11) is 2.74. The third-order valence-corrected chi connectivity index (χ3v) is 3.10. The summed E-state index contributed by atoms with van der Waals surface area (Å²) in [6.45, 7) is 0. The molecule has 0 saturated heterocycles. The predicted octanol–water partition coefficient (Wildman–Crippen LogP) is 2.39. The van der Waals surface area contributed by atoms with E-state index in [-0.39, 0.29) is 5.57 Å². The molecule has 6 nitrogen and oxygen atoms in total. The van der Waals surface area contributed by atoms with Gasteiger partial charge in [0.2, 0.25) is 0 Å². The smallest absolute Gasteiger partial charge is 0.338 e. The van der Waals surface area contributed by atoms with Crippen LogP contribution in [-0.2, 0) is 9.53 Å². The van der Waals surface area contributed by atoms with E-state index in [0.717, 1.165) is 0 Å². The van der Waals surface area contributed by atoms with Crippen LogP contribution in [0.3, 0.4) is 0 Å². The molecule has 23 heavy (non-hydrogen) atoms. The van der Waals surface area contributed by atoms with Crippen LogP contribution in [0, 0.1) is 11.3 Å². The van der Waals surface area contributed by atoms with E-state index in [9.17, 15) is 9.59 Å². The first-order chi connectivity index (χ1) is 11.1. The van der Waals surface area contributed by atoms with Crippen molar-refractivity contribution in [1.29, 1.82) is 5.26 Å². The van der Waals surface area contributed by atoms with Gasteiger partial charge in [-0.3, -0.25) is 4.79 Å². The van der Waals surface area contributed by atoms with E-state index in [1.54, 1.807) is 42.5 Å². The lowest BCUT2D eigenvalue weighted by Gasteiger charge is -2.04. The number of esters is 1. The highest BCUT2D eigenvalue weighted by molar-refractivity contribution is 6.01. The fourth-order valence-electron chi connectivity index (χ4n) is 1.99. The molecule has 1 amide bonds. The minimum absolute atomic E-state index is 0.0744. The quantitative estimate of drug-likeness (QED) is 0.532. The molecule has 0 spiro atoms. The SMILES string of the molecule is CNC(=O)/C(C#N)=C/c1ccc(-c2ccccc2C(=O)OC)o1. The Labute approximate surface area is 133 Å². The second-order valence-electron chi connectivity index (χ2n) is 4.49. The van der Waals surface area contributed by atoms with Gasteiger partial charge >= 0.3 is 5.97 Å². The number of amides is 1. The molecule has 6 heteroatoms. The Balaban J connectivity index is 2.41. The van der Waals surface area contributed by atoms with Crippen molar-refractivity contribution in [1.82, 2.24) is 5.32 Å². The molecule has 0 radical (unpaired) electrons. The summed E-state index contributed by atoms with van der Waals surface area (Å²) in [4.78, 5) is 23.3. The minimum Gasteiger partial charge on any atom is -0.465 e. The predicted molar refractivity (Wildman–Crippen MR) is 83.1 cm³/mol. The molecular weight excluding hydrogens is 296 g/mol. The van der Waals surface area contributed by atoms with Gasteiger partial charge in [-0.05, 0) is 18.2 Å². The summed E-state index contributed by atoms with van der Waals surface area (Å²) < 4.78 is 10.4. The zero-order valence-corrected chi connectivity index (χ0v) is 12.6. The summed E-state index contributed by atoms with van der Waals surface area (Å²) in [6.07, 6.45) is 1.34. The van der Waals surface area contributed by atoms with E-state index in [2.05, 4.69) is 5.32 Å². The number of ether oxygens (including phenoxy) is 1. The van der Waals surface area contributed by atoms with E-state index in [1.165, 1.54) is 20.2 Å². The van der Waals surface area contributed by atoms with Crippen LogP contribution in [0.2, 0.25) is 0 Å². The molecule has 1 N–H and O–H groups in total. The maximum atomic E-state index is 11.8. The summed E-state index contributed by atoms with van der Waals surface area (Å²) in [6, 6.07) is 11.9. The van der Waals surface area contributed by atoms with Crippen LogP contribution < -0.4 is 5.32 Å². The van der Waals surface area contributed by atoms with Crippen molar-refractivity contribution in [2.45, 2.75) is 0 Å². The Morgan fingerprint density at radius 1 is 1.26 bits per heavy atom. The Hall–Kier alpha value is -3.33. The number of methoxy groups -OCH3 is 1. The van der Waals surface area contributed by atoms with Crippen molar-refractivity contribution in [3.63, 3.8) is 0 Å². The molecule has 0 atom stereocenters. The topological polar surface area (TPSA) is 92.3 Å². The normalized spacial score (nSPS) is 10.7. The molecule has 116 valence electrons. The van der Waals surface area contributed by atoms with Crippen LogP contribution in [0.15, 0.2) is 46.4 Å². The lowest BCUT2D eigenvalue weighted by molar-refractivity contribution is -0.116. The molecule has 2 aromatic rings. The number of likely N-dealkylation sites (N-methyl/N-ethyl adjacent to an activating group) is 1. The molecule has 1 heterocycles. The van der Waals surface area contributed by atoms with E-state index < -0.39 is 11.9 Å². The molecule has 0 aliphatic heterocycles. The highest BCUT2D eigenvalue weighted by Gasteiger charge is 2.15. The Bertz CT molecular complexity index is 812. The van der Waals surface area contributed by atoms with E-state index in [1.807, 2.05) is 0 Å². The largest absolute Gasteiger partial charge is 0.465 e. The number of nitrogens with one attached hydrogen (secondary N) is 1. The highest BCUT2D eigenvalue weighted by atomic mass is 16.5. The maximum Gasteiger partial charge on any atom is 0.338 e. The number of nitriles is 1. The van der Waals surface area contributed by atoms with Gasteiger partial charge in [0.15, 0.2) is 0 Å². The van der Waals surface area contributed by atoms with Crippen LogP contribution in [-0.4, -0.2) is 26.0 Å². The average molecular weight is 310 g/mol. The van der Waals surface area contributed by atoms with Crippen LogP contribution in [0.4, 0.5) is 0 Å². The fraction of sp³-hybridized carbons (Fsp3) is 0.118. The van der Waals surface area contributed by atoms with Crippen LogP contribution in [0.25, 0.3) is 17.4 Å². The van der Waals surface area contributed by atoms with Gasteiger partial charge in [0, 0.05) is 18.7 Å². The van der Waals surface area contributed by atoms with Gasteiger partial charge in [0.05, 0.1) is 12.7 Å². The number of carbonyl (C=O) groups excluding carboxylic acids is 2. The van der Waals surface area contributed by atoms with Crippen molar-refractivity contribution in [2.24, 2.45) is 0 Å². The van der Waals surface area contributed by atoms with Crippen LogP contribution >= 0.6 is 0 Å². The van der Waals surface area contributed by atoms with Gasteiger partial charge in [0.1, 0.15) is 23.2 Å². The van der Waals surface area contributed by atoms with Crippen LogP contribution in [0.1, 0.15) is 16.1 Å². The van der Waals surface area contributed by atoms with Gasteiger partial charge in [-0.1, -0.05) is 18.2 Å². The molecule has 0 bridgehead atoms. The average Bonchev–Trinajstić information content (AvgIpc) is 3.06. The van der Waals surface area contributed by atoms with Crippen molar-refractivity contribution < 1.29 is 18.7 Å². The lowest BCUT2D eigenvalue weighted by Crippen LogP contribution is -2.18. The third kappa shape index (κ3) is 3.47. The van der Waals surface area contributed by atoms with E-state index >= 15 is 0 Å². The molecule has 0 aliphatic rings. The maximum absolute atomic E-state index is 11.8. The van der Waals surface area contributed by atoms with Gasteiger partial charge in [0.25, 0.3) is 5.91 Å². The van der Waals surface area contributed by atoms with Crippen molar-refractivity contribution in [3.05, 3.63) is 53.3 Å². The number of furan rings is 1. The van der Waals surface area contributed by atoms with Crippen molar-refractivity contribution in [3.8, 4) is 17.4 Å². The number of rotatable bonds is 4. The first kappa shape index (κ1) is 16.0. The lowest BCUT2D eigenvalue weighted by atomic mass is 10.1. The van der Waals surface area contributed by atoms with Gasteiger partial charge < -0.3 is 14.5 Å². The van der Waals surface area contributed by atoms with E-state index in [4.69, 9.17) is 14.4 Å². The summed E-state index contributed by atoms with van der Waals surface area (Å²) in [5, 5.41) is 11.4. The molecular formula is C17H14N2O4. The molecule has 1 aromatic heterocycles. The molecule has 1 aromatic carbocycles. The Morgan fingerprint density at radius 3 is 2.65 bits per heavy atom. The molecule has 0 fully saturated rings.